The molecule has 0 spiro atoms. The summed E-state index contributed by atoms with van der Waals surface area (Å²) in [5.41, 5.74) is 2.95. The van der Waals surface area contributed by atoms with Gasteiger partial charge < -0.3 is 0 Å². The molecule has 0 bridgehead atoms. The number of allylic oxidation sites excluding steroid dienone is 4. The van der Waals surface area contributed by atoms with Crippen LogP contribution in [0.5, 0.6) is 0 Å². The predicted octanol–water partition coefficient (Wildman–Crippen LogP) is 4.34. The molecule has 0 saturated carbocycles. The van der Waals surface area contributed by atoms with Crippen LogP contribution in [0.2, 0.25) is 0 Å². The van der Waals surface area contributed by atoms with Crippen molar-refractivity contribution in [2.24, 2.45) is 5.92 Å². The molecule has 0 aliphatic carbocycles. The summed E-state index contributed by atoms with van der Waals surface area (Å²) in [7, 11) is 0. The van der Waals surface area contributed by atoms with E-state index in [-0.39, 0.29) is 0 Å². The van der Waals surface area contributed by atoms with Gasteiger partial charge in [-0.3, -0.25) is 0 Å². The highest BCUT2D eigenvalue weighted by molar-refractivity contribution is 5.16. The van der Waals surface area contributed by atoms with Crippen molar-refractivity contribution in [2.45, 2.75) is 47.5 Å². The highest BCUT2D eigenvalue weighted by Crippen LogP contribution is 2.13. The molecular formula is C12H22. The second-order valence-corrected chi connectivity index (χ2v) is 3.59. The van der Waals surface area contributed by atoms with Crippen LogP contribution in [-0.2, 0) is 0 Å². The van der Waals surface area contributed by atoms with E-state index in [9.17, 15) is 0 Å². The predicted molar refractivity (Wildman–Crippen MR) is 57.3 cm³/mol. The van der Waals surface area contributed by atoms with Crippen LogP contribution in [0.25, 0.3) is 0 Å². The lowest BCUT2D eigenvalue weighted by Gasteiger charge is -2.07. The van der Waals surface area contributed by atoms with Crippen molar-refractivity contribution in [2.75, 3.05) is 0 Å². The molecule has 12 heavy (non-hydrogen) atoms. The lowest BCUT2D eigenvalue weighted by Crippen LogP contribution is -1.92. The molecule has 0 N–H and O–H groups in total. The van der Waals surface area contributed by atoms with Crippen LogP contribution >= 0.6 is 0 Å². The number of rotatable bonds is 4. The zero-order valence-corrected chi connectivity index (χ0v) is 9.15. The van der Waals surface area contributed by atoms with Crippen molar-refractivity contribution >= 4 is 0 Å². The first kappa shape index (κ1) is 11.5. The smallest absolute Gasteiger partial charge is 0.0234 e. The summed E-state index contributed by atoms with van der Waals surface area (Å²) in [6.07, 6.45) is 6.89. The van der Waals surface area contributed by atoms with Crippen molar-refractivity contribution in [3.8, 4) is 0 Å². The molecule has 0 heteroatoms. The van der Waals surface area contributed by atoms with Gasteiger partial charge in [-0.2, -0.15) is 0 Å². The zero-order valence-electron chi connectivity index (χ0n) is 9.15. The second-order valence-electron chi connectivity index (χ2n) is 3.59. The molecule has 0 aromatic rings. The highest BCUT2D eigenvalue weighted by atomic mass is 14.0. The van der Waals surface area contributed by atoms with Gasteiger partial charge in [-0.1, -0.05) is 44.1 Å². The minimum Gasteiger partial charge on any atom is -0.0736 e. The molecule has 0 nitrogen and oxygen atoms in total. The standard InChI is InChI=1S/C12H22/c1-6-10(3)8-9-12(5)11(4)7-2/h8-9,11H,6-7H2,1-5H3/b10-8+,12-9+. The Balaban J connectivity index is 4.17. The van der Waals surface area contributed by atoms with Gasteiger partial charge in [0, 0.05) is 0 Å². The van der Waals surface area contributed by atoms with E-state index < -0.39 is 0 Å². The quantitative estimate of drug-likeness (QED) is 0.545. The van der Waals surface area contributed by atoms with Gasteiger partial charge in [0.1, 0.15) is 0 Å². The summed E-state index contributed by atoms with van der Waals surface area (Å²) in [5, 5.41) is 0. The fourth-order valence-electron chi connectivity index (χ4n) is 0.878. The van der Waals surface area contributed by atoms with E-state index in [1.807, 2.05) is 0 Å². The largest absolute Gasteiger partial charge is 0.0736 e. The van der Waals surface area contributed by atoms with Crippen molar-refractivity contribution in [3.63, 3.8) is 0 Å². The molecule has 0 radical (unpaired) electrons. The van der Waals surface area contributed by atoms with E-state index in [0.717, 1.165) is 12.3 Å². The Kier molecular flexibility index (Phi) is 5.79. The van der Waals surface area contributed by atoms with Crippen molar-refractivity contribution in [1.82, 2.24) is 0 Å². The van der Waals surface area contributed by atoms with Crippen LogP contribution < -0.4 is 0 Å². The van der Waals surface area contributed by atoms with E-state index in [1.165, 1.54) is 17.6 Å². The molecule has 0 aromatic heterocycles. The van der Waals surface area contributed by atoms with Crippen LogP contribution in [0.1, 0.15) is 47.5 Å². The summed E-state index contributed by atoms with van der Waals surface area (Å²) in [6, 6.07) is 0. The van der Waals surface area contributed by atoms with Gasteiger partial charge >= 0.3 is 0 Å². The topological polar surface area (TPSA) is 0 Å². The van der Waals surface area contributed by atoms with E-state index >= 15 is 0 Å². The molecule has 0 amide bonds. The van der Waals surface area contributed by atoms with Gasteiger partial charge in [0.25, 0.3) is 0 Å². The monoisotopic (exact) mass is 166 g/mol. The third-order valence-corrected chi connectivity index (χ3v) is 2.58. The summed E-state index contributed by atoms with van der Waals surface area (Å²) < 4.78 is 0. The summed E-state index contributed by atoms with van der Waals surface area (Å²) >= 11 is 0. The maximum Gasteiger partial charge on any atom is -0.0234 e. The zero-order chi connectivity index (χ0) is 9.56. The molecule has 0 aliphatic heterocycles. The fourth-order valence-corrected chi connectivity index (χ4v) is 0.878. The Labute approximate surface area is 77.4 Å². The minimum atomic E-state index is 0.728. The van der Waals surface area contributed by atoms with Crippen LogP contribution in [0.3, 0.4) is 0 Å². The minimum absolute atomic E-state index is 0.728. The molecule has 1 atom stereocenters. The van der Waals surface area contributed by atoms with E-state index in [4.69, 9.17) is 0 Å². The maximum atomic E-state index is 2.28. The first-order chi connectivity index (χ1) is 5.61. The van der Waals surface area contributed by atoms with Crippen molar-refractivity contribution < 1.29 is 0 Å². The SMILES string of the molecule is CC/C(C)=C/C=C(\C)C(C)CC. The Morgan fingerprint density at radius 3 is 2.17 bits per heavy atom. The van der Waals surface area contributed by atoms with Gasteiger partial charge in [0.05, 0.1) is 0 Å². The van der Waals surface area contributed by atoms with Gasteiger partial charge in [-0.25, -0.2) is 0 Å². The average Bonchev–Trinajstić information content (AvgIpc) is 2.11. The molecule has 0 saturated heterocycles. The Morgan fingerprint density at radius 1 is 1.17 bits per heavy atom. The summed E-state index contributed by atoms with van der Waals surface area (Å²) in [4.78, 5) is 0. The Bertz CT molecular complexity index is 172. The van der Waals surface area contributed by atoms with Gasteiger partial charge in [-0.15, -0.1) is 0 Å². The Hall–Kier alpha value is -0.520. The first-order valence-corrected chi connectivity index (χ1v) is 4.95. The third kappa shape index (κ3) is 4.38. The average molecular weight is 166 g/mol. The van der Waals surface area contributed by atoms with E-state index in [0.29, 0.717) is 0 Å². The lowest BCUT2D eigenvalue weighted by atomic mass is 9.99. The van der Waals surface area contributed by atoms with Crippen LogP contribution in [0.4, 0.5) is 0 Å². The molecule has 0 fully saturated rings. The molecule has 1 unspecified atom stereocenters. The molecule has 0 aromatic carbocycles. The Morgan fingerprint density at radius 2 is 1.75 bits per heavy atom. The number of hydrogen-bond donors (Lipinski definition) is 0. The molecule has 0 heterocycles. The van der Waals surface area contributed by atoms with Crippen molar-refractivity contribution in [3.05, 3.63) is 23.3 Å². The molecule has 70 valence electrons. The summed E-state index contributed by atoms with van der Waals surface area (Å²) in [5.74, 6) is 0.728. The number of hydrogen-bond acceptors (Lipinski definition) is 0. The second kappa shape index (κ2) is 6.05. The lowest BCUT2D eigenvalue weighted by molar-refractivity contribution is 0.655. The van der Waals surface area contributed by atoms with E-state index in [2.05, 4.69) is 46.8 Å². The van der Waals surface area contributed by atoms with Gasteiger partial charge in [-0.05, 0) is 32.6 Å². The maximum absolute atomic E-state index is 2.28. The van der Waals surface area contributed by atoms with Gasteiger partial charge in [0.15, 0.2) is 0 Å². The van der Waals surface area contributed by atoms with E-state index in [1.54, 1.807) is 0 Å². The molecule has 0 rings (SSSR count). The van der Waals surface area contributed by atoms with Crippen LogP contribution in [0.15, 0.2) is 23.3 Å². The molecule has 0 aliphatic rings. The fraction of sp³-hybridized carbons (Fsp3) is 0.667. The first-order valence-electron chi connectivity index (χ1n) is 4.95. The summed E-state index contributed by atoms with van der Waals surface area (Å²) in [6.45, 7) is 11.1. The normalized spacial score (nSPS) is 16.4. The highest BCUT2D eigenvalue weighted by Gasteiger charge is 1.98. The third-order valence-electron chi connectivity index (χ3n) is 2.58. The van der Waals surface area contributed by atoms with Gasteiger partial charge in [0.2, 0.25) is 0 Å². The molecular weight excluding hydrogens is 144 g/mol. The van der Waals surface area contributed by atoms with Crippen LogP contribution in [-0.4, -0.2) is 0 Å². The van der Waals surface area contributed by atoms with Crippen LogP contribution in [0, 0.1) is 5.92 Å². The van der Waals surface area contributed by atoms with Crippen molar-refractivity contribution in [1.29, 1.82) is 0 Å².